The van der Waals surface area contributed by atoms with Crippen molar-refractivity contribution in [1.82, 2.24) is 9.13 Å². The van der Waals surface area contributed by atoms with Crippen LogP contribution in [0.15, 0.2) is 12.4 Å². The number of nitrogens with two attached hydrogens (primary N) is 1. The molecule has 1 rings (SSSR count). The highest BCUT2D eigenvalue weighted by Gasteiger charge is 2.54. The van der Waals surface area contributed by atoms with Crippen LogP contribution in [-0.2, 0) is 0 Å². The Labute approximate surface area is 93.1 Å². The maximum atomic E-state index is 14.6. The van der Waals surface area contributed by atoms with Crippen molar-refractivity contribution in [2.45, 2.75) is 52.6 Å². The van der Waals surface area contributed by atoms with Crippen molar-refractivity contribution in [2.24, 2.45) is 5.40 Å². The van der Waals surface area contributed by atoms with Crippen LogP contribution in [0.25, 0.3) is 0 Å². The van der Waals surface area contributed by atoms with Crippen LogP contribution in [-0.4, -0.2) is 29.1 Å². The van der Waals surface area contributed by atoms with Crippen LogP contribution in [0.5, 0.6) is 0 Å². The van der Waals surface area contributed by atoms with E-state index < -0.39 is 8.89 Å². The summed E-state index contributed by atoms with van der Waals surface area (Å²) in [5.41, 5.74) is -0.543. The van der Waals surface area contributed by atoms with Crippen molar-refractivity contribution in [3.63, 3.8) is 0 Å². The standard InChI is InChI=1S/C10H22FN3Si/c1-9(2,3)13-7-8-14(10(4,5)6)15(13,11)12/h7-8H,12H2,1-6H3. The van der Waals surface area contributed by atoms with E-state index in [1.54, 1.807) is 21.5 Å². The second-order valence-corrected chi connectivity index (χ2v) is 8.25. The summed E-state index contributed by atoms with van der Waals surface area (Å²) in [6.45, 7) is 11.8. The average Bonchev–Trinajstić information content (AvgIpc) is 2.21. The molecular formula is C10H22FN3Si. The lowest BCUT2D eigenvalue weighted by molar-refractivity contribution is 0.231. The molecule has 1 heterocycles. The van der Waals surface area contributed by atoms with Crippen LogP contribution < -0.4 is 5.40 Å². The van der Waals surface area contributed by atoms with Gasteiger partial charge in [0.25, 0.3) is 0 Å². The Bertz CT molecular complexity index is 249. The molecule has 0 amide bonds. The normalized spacial score (nSPS) is 21.3. The van der Waals surface area contributed by atoms with Crippen molar-refractivity contribution < 1.29 is 4.11 Å². The quantitative estimate of drug-likeness (QED) is 0.511. The lowest BCUT2D eigenvalue weighted by atomic mass is 10.1. The number of nitrogens with zero attached hydrogens (tertiary/aromatic N) is 2. The smallest absolute Gasteiger partial charge is 0.344 e. The molecule has 0 saturated heterocycles. The van der Waals surface area contributed by atoms with Crippen molar-refractivity contribution in [1.29, 1.82) is 0 Å². The highest BCUT2D eigenvalue weighted by molar-refractivity contribution is 6.65. The van der Waals surface area contributed by atoms with Crippen LogP contribution in [0.3, 0.4) is 0 Å². The molecule has 1 aliphatic rings. The molecule has 1 aliphatic heterocycles. The molecule has 0 atom stereocenters. The Balaban J connectivity index is 3.01. The summed E-state index contributed by atoms with van der Waals surface area (Å²) >= 11 is 0. The predicted molar refractivity (Wildman–Crippen MR) is 63.4 cm³/mol. The number of hydrogen-bond acceptors (Lipinski definition) is 3. The number of hydrogen-bond donors (Lipinski definition) is 1. The van der Waals surface area contributed by atoms with Crippen LogP contribution >= 0.6 is 0 Å². The molecule has 2 N–H and O–H groups in total. The molecule has 0 unspecified atom stereocenters. The Morgan fingerprint density at radius 1 is 0.933 bits per heavy atom. The lowest BCUT2D eigenvalue weighted by Crippen LogP contribution is -2.70. The molecule has 0 aromatic heterocycles. The van der Waals surface area contributed by atoms with E-state index in [1.807, 2.05) is 41.5 Å². The second-order valence-electron chi connectivity index (χ2n) is 6.02. The molecule has 88 valence electrons. The molecule has 0 saturated carbocycles. The minimum atomic E-state index is -3.51. The molecule has 5 heteroatoms. The monoisotopic (exact) mass is 231 g/mol. The lowest BCUT2D eigenvalue weighted by Gasteiger charge is -2.44. The van der Waals surface area contributed by atoms with Crippen molar-refractivity contribution in [3.05, 3.63) is 12.4 Å². The average molecular weight is 231 g/mol. The molecule has 0 bridgehead atoms. The summed E-state index contributed by atoms with van der Waals surface area (Å²) in [7, 11) is -3.51. The number of rotatable bonds is 0. The van der Waals surface area contributed by atoms with Crippen LogP contribution in [0.2, 0.25) is 0 Å². The summed E-state index contributed by atoms with van der Waals surface area (Å²) < 4.78 is 18.0. The van der Waals surface area contributed by atoms with Crippen LogP contribution in [0.4, 0.5) is 4.11 Å². The fraction of sp³-hybridized carbons (Fsp3) is 0.800. The second kappa shape index (κ2) is 3.22. The molecular weight excluding hydrogens is 209 g/mol. The highest BCUT2D eigenvalue weighted by atomic mass is 28.4. The Morgan fingerprint density at radius 3 is 1.33 bits per heavy atom. The first kappa shape index (κ1) is 12.5. The van der Waals surface area contributed by atoms with Gasteiger partial charge in [-0.1, -0.05) is 0 Å². The third-order valence-electron chi connectivity index (χ3n) is 2.49. The fourth-order valence-electron chi connectivity index (χ4n) is 1.85. The number of halogens is 1. The van der Waals surface area contributed by atoms with E-state index in [4.69, 9.17) is 5.40 Å². The molecule has 3 nitrogen and oxygen atoms in total. The van der Waals surface area contributed by atoms with Gasteiger partial charge in [-0.05, 0) is 41.5 Å². The van der Waals surface area contributed by atoms with E-state index >= 15 is 0 Å². The molecule has 0 aromatic carbocycles. The molecule has 0 aliphatic carbocycles. The van der Waals surface area contributed by atoms with Crippen molar-refractivity contribution >= 4 is 8.89 Å². The van der Waals surface area contributed by atoms with Crippen molar-refractivity contribution in [3.8, 4) is 0 Å². The molecule has 0 spiro atoms. The van der Waals surface area contributed by atoms with E-state index in [0.29, 0.717) is 0 Å². The summed E-state index contributed by atoms with van der Waals surface area (Å²) in [5.74, 6) is 0. The Kier molecular flexibility index (Phi) is 2.68. The molecule has 0 radical (unpaired) electrons. The first-order chi connectivity index (χ1) is 6.47. The minimum Gasteiger partial charge on any atom is -0.344 e. The van der Waals surface area contributed by atoms with Gasteiger partial charge in [0.15, 0.2) is 0 Å². The molecule has 0 fully saturated rings. The van der Waals surface area contributed by atoms with Gasteiger partial charge in [0.1, 0.15) is 0 Å². The van der Waals surface area contributed by atoms with E-state index in [0.717, 1.165) is 0 Å². The summed E-state index contributed by atoms with van der Waals surface area (Å²) in [6.07, 6.45) is 3.55. The minimum absolute atomic E-state index is 0.272. The summed E-state index contributed by atoms with van der Waals surface area (Å²) in [5, 5.41) is 5.90. The van der Waals surface area contributed by atoms with Gasteiger partial charge in [0.05, 0.1) is 0 Å². The zero-order valence-electron chi connectivity index (χ0n) is 10.5. The first-order valence-corrected chi connectivity index (χ1v) is 7.07. The fourth-order valence-corrected chi connectivity index (χ4v) is 4.51. The molecule has 0 aromatic rings. The SMILES string of the molecule is CC(C)(C)N1C=CN(C(C)(C)C)[Si]1(N)F. The summed E-state index contributed by atoms with van der Waals surface area (Å²) in [6, 6.07) is 0. The Morgan fingerprint density at radius 2 is 1.20 bits per heavy atom. The molecule has 15 heavy (non-hydrogen) atoms. The first-order valence-electron chi connectivity index (χ1n) is 5.22. The third kappa shape index (κ3) is 2.18. The van der Waals surface area contributed by atoms with E-state index in [1.165, 1.54) is 0 Å². The van der Waals surface area contributed by atoms with Gasteiger partial charge in [0.2, 0.25) is 0 Å². The van der Waals surface area contributed by atoms with Gasteiger partial charge < -0.3 is 9.13 Å². The van der Waals surface area contributed by atoms with Gasteiger partial charge in [-0.3, -0.25) is 5.40 Å². The van der Waals surface area contributed by atoms with E-state index in [-0.39, 0.29) is 11.1 Å². The zero-order chi connectivity index (χ0) is 12.1. The third-order valence-corrected chi connectivity index (χ3v) is 5.48. The van der Waals surface area contributed by atoms with Gasteiger partial charge in [-0.2, -0.15) is 0 Å². The van der Waals surface area contributed by atoms with Crippen molar-refractivity contribution in [2.75, 3.05) is 0 Å². The Hall–Kier alpha value is -0.553. The summed E-state index contributed by atoms with van der Waals surface area (Å²) in [4.78, 5) is 0. The maximum Gasteiger partial charge on any atom is 0.546 e. The largest absolute Gasteiger partial charge is 0.546 e. The van der Waals surface area contributed by atoms with Gasteiger partial charge in [-0.25, -0.2) is 4.11 Å². The van der Waals surface area contributed by atoms with Gasteiger partial charge >= 0.3 is 8.89 Å². The van der Waals surface area contributed by atoms with Gasteiger partial charge in [0, 0.05) is 23.5 Å². The van der Waals surface area contributed by atoms with Gasteiger partial charge in [-0.15, -0.1) is 0 Å². The van der Waals surface area contributed by atoms with E-state index in [2.05, 4.69) is 0 Å². The van der Waals surface area contributed by atoms with Crippen LogP contribution in [0.1, 0.15) is 41.5 Å². The van der Waals surface area contributed by atoms with Crippen LogP contribution in [0, 0.1) is 0 Å². The topological polar surface area (TPSA) is 32.5 Å². The highest BCUT2D eigenvalue weighted by Crippen LogP contribution is 2.33. The zero-order valence-corrected chi connectivity index (χ0v) is 11.5. The maximum absolute atomic E-state index is 14.6. The predicted octanol–water partition coefficient (Wildman–Crippen LogP) is 2.04. The van der Waals surface area contributed by atoms with E-state index in [9.17, 15) is 4.11 Å².